The van der Waals surface area contributed by atoms with Crippen molar-refractivity contribution in [3.63, 3.8) is 0 Å². The summed E-state index contributed by atoms with van der Waals surface area (Å²) in [5.74, 6) is -4.78. The van der Waals surface area contributed by atoms with Crippen molar-refractivity contribution in [3.8, 4) is 6.07 Å². The first-order valence-electron chi connectivity index (χ1n) is 4.56. The molecule has 0 amide bonds. The third-order valence-electron chi connectivity index (χ3n) is 2.84. The summed E-state index contributed by atoms with van der Waals surface area (Å²) in [7, 11) is 0. The van der Waals surface area contributed by atoms with Crippen LogP contribution in [0.2, 0.25) is 0 Å². The number of carboxylic acid groups (broad SMARTS) is 1. The van der Waals surface area contributed by atoms with Crippen LogP contribution in [0.5, 0.6) is 0 Å². The molecular weight excluding hydrogens is 216 g/mol. The number of hydrogen-bond acceptors (Lipinski definition) is 2. The van der Waals surface area contributed by atoms with Gasteiger partial charge in [-0.25, -0.2) is 8.78 Å². The van der Waals surface area contributed by atoms with E-state index in [-0.39, 0.29) is 11.1 Å². The van der Waals surface area contributed by atoms with E-state index in [9.17, 15) is 13.6 Å². The molecule has 0 aliphatic heterocycles. The summed E-state index contributed by atoms with van der Waals surface area (Å²) in [6, 6.07) is 7.17. The van der Waals surface area contributed by atoms with Crippen molar-refractivity contribution >= 4 is 5.97 Å². The molecule has 0 saturated heterocycles. The number of carboxylic acids is 1. The molecule has 1 aromatic rings. The fourth-order valence-corrected chi connectivity index (χ4v) is 1.81. The number of alkyl halides is 2. The average Bonchev–Trinajstić information content (AvgIpc) is 2.83. The summed E-state index contributed by atoms with van der Waals surface area (Å²) in [6.07, 6.45) is -0.704. The van der Waals surface area contributed by atoms with Crippen LogP contribution >= 0.6 is 0 Å². The third-order valence-corrected chi connectivity index (χ3v) is 2.84. The molecule has 1 saturated carbocycles. The molecule has 1 aliphatic rings. The van der Waals surface area contributed by atoms with Crippen molar-refractivity contribution in [3.05, 3.63) is 35.4 Å². The lowest BCUT2D eigenvalue weighted by molar-refractivity contribution is -0.142. The number of aliphatic carboxylic acids is 1. The molecule has 1 unspecified atom stereocenters. The van der Waals surface area contributed by atoms with Crippen LogP contribution in [0.1, 0.15) is 17.5 Å². The Morgan fingerprint density at radius 2 is 2.12 bits per heavy atom. The summed E-state index contributed by atoms with van der Waals surface area (Å²) < 4.78 is 26.3. The topological polar surface area (TPSA) is 61.1 Å². The predicted octanol–water partition coefficient (Wildman–Crippen LogP) is 1.92. The zero-order valence-electron chi connectivity index (χ0n) is 8.08. The van der Waals surface area contributed by atoms with Crippen molar-refractivity contribution in [1.82, 2.24) is 0 Å². The Hall–Kier alpha value is -1.96. The van der Waals surface area contributed by atoms with Gasteiger partial charge in [0.1, 0.15) is 0 Å². The summed E-state index contributed by atoms with van der Waals surface area (Å²) in [6.45, 7) is 0. The quantitative estimate of drug-likeness (QED) is 0.833. The van der Waals surface area contributed by atoms with Crippen molar-refractivity contribution in [2.24, 2.45) is 0 Å². The molecule has 16 heavy (non-hydrogen) atoms. The molecule has 82 valence electrons. The normalized spacial score (nSPS) is 25.8. The molecule has 0 radical (unpaired) electrons. The van der Waals surface area contributed by atoms with Gasteiger partial charge in [-0.05, 0) is 17.7 Å². The van der Waals surface area contributed by atoms with Crippen LogP contribution in [0.15, 0.2) is 24.3 Å². The van der Waals surface area contributed by atoms with E-state index in [1.807, 2.05) is 0 Å². The van der Waals surface area contributed by atoms with Crippen molar-refractivity contribution in [2.45, 2.75) is 17.8 Å². The van der Waals surface area contributed by atoms with E-state index >= 15 is 0 Å². The van der Waals surface area contributed by atoms with Gasteiger partial charge in [-0.1, -0.05) is 12.1 Å². The van der Waals surface area contributed by atoms with E-state index in [1.54, 1.807) is 6.07 Å². The summed E-state index contributed by atoms with van der Waals surface area (Å²) in [5.41, 5.74) is -1.97. The monoisotopic (exact) mass is 223 g/mol. The average molecular weight is 223 g/mol. The largest absolute Gasteiger partial charge is 0.480 e. The number of carbonyl (C=O) groups is 1. The van der Waals surface area contributed by atoms with E-state index in [1.165, 1.54) is 24.3 Å². The summed E-state index contributed by atoms with van der Waals surface area (Å²) in [4.78, 5) is 10.9. The molecule has 0 bridgehead atoms. The number of nitrogens with zero attached hydrogens (tertiary/aromatic N) is 1. The number of rotatable bonds is 2. The Morgan fingerprint density at radius 3 is 2.56 bits per heavy atom. The minimum Gasteiger partial charge on any atom is -0.480 e. The molecule has 2 rings (SSSR count). The summed E-state index contributed by atoms with van der Waals surface area (Å²) in [5, 5.41) is 17.5. The fourth-order valence-electron chi connectivity index (χ4n) is 1.81. The highest BCUT2D eigenvalue weighted by atomic mass is 19.3. The van der Waals surface area contributed by atoms with Gasteiger partial charge in [0.05, 0.1) is 11.6 Å². The molecule has 1 aliphatic carbocycles. The van der Waals surface area contributed by atoms with Crippen LogP contribution < -0.4 is 0 Å². The van der Waals surface area contributed by atoms with Gasteiger partial charge in [-0.3, -0.25) is 4.79 Å². The van der Waals surface area contributed by atoms with E-state index in [0.717, 1.165) is 0 Å². The van der Waals surface area contributed by atoms with Gasteiger partial charge < -0.3 is 5.11 Å². The van der Waals surface area contributed by atoms with E-state index in [2.05, 4.69) is 0 Å². The highest BCUT2D eigenvalue weighted by Crippen LogP contribution is 2.61. The first kappa shape index (κ1) is 10.6. The third kappa shape index (κ3) is 1.20. The lowest BCUT2D eigenvalue weighted by atomic mass is 9.94. The SMILES string of the molecule is N#Cc1cccc(C2(C(=O)O)CC2(F)F)c1. The molecule has 1 aromatic carbocycles. The van der Waals surface area contributed by atoms with Crippen molar-refractivity contribution in [2.75, 3.05) is 0 Å². The molecule has 1 atom stereocenters. The van der Waals surface area contributed by atoms with Gasteiger partial charge in [-0.15, -0.1) is 0 Å². The van der Waals surface area contributed by atoms with E-state index in [0.29, 0.717) is 0 Å². The molecule has 0 spiro atoms. The van der Waals surface area contributed by atoms with Gasteiger partial charge in [0.15, 0.2) is 5.41 Å². The number of hydrogen-bond donors (Lipinski definition) is 1. The maximum atomic E-state index is 13.2. The molecule has 0 heterocycles. The van der Waals surface area contributed by atoms with Crippen molar-refractivity contribution < 1.29 is 18.7 Å². The molecule has 1 N–H and O–H groups in total. The standard InChI is InChI=1S/C11H7F2NO2/c12-11(13)6-10(11,9(15)16)8-3-1-2-7(4-8)5-14/h1-4H,6H2,(H,15,16). The van der Waals surface area contributed by atoms with E-state index in [4.69, 9.17) is 10.4 Å². The van der Waals surface area contributed by atoms with Crippen LogP contribution in [0.25, 0.3) is 0 Å². The minimum absolute atomic E-state index is 0.0101. The lowest BCUT2D eigenvalue weighted by Gasteiger charge is -2.11. The van der Waals surface area contributed by atoms with Gasteiger partial charge >= 0.3 is 5.97 Å². The van der Waals surface area contributed by atoms with Crippen LogP contribution in [0, 0.1) is 11.3 Å². The Morgan fingerprint density at radius 1 is 1.50 bits per heavy atom. The van der Waals surface area contributed by atoms with Gasteiger partial charge in [0.2, 0.25) is 0 Å². The summed E-state index contributed by atoms with van der Waals surface area (Å²) >= 11 is 0. The van der Waals surface area contributed by atoms with E-state index < -0.39 is 23.7 Å². The van der Waals surface area contributed by atoms with Crippen LogP contribution in [0.4, 0.5) is 8.78 Å². The second kappa shape index (κ2) is 3.01. The molecule has 1 fully saturated rings. The smallest absolute Gasteiger partial charge is 0.320 e. The first-order valence-corrected chi connectivity index (χ1v) is 4.56. The van der Waals surface area contributed by atoms with Gasteiger partial charge in [0, 0.05) is 6.42 Å². The highest BCUT2D eigenvalue weighted by molar-refractivity contribution is 5.87. The Kier molecular flexibility index (Phi) is 1.99. The minimum atomic E-state index is -3.23. The maximum Gasteiger partial charge on any atom is 0.320 e. The second-order valence-electron chi connectivity index (χ2n) is 3.78. The van der Waals surface area contributed by atoms with Crippen LogP contribution in [-0.4, -0.2) is 17.0 Å². The molecule has 0 aromatic heterocycles. The van der Waals surface area contributed by atoms with Crippen LogP contribution in [0.3, 0.4) is 0 Å². The number of halogens is 2. The van der Waals surface area contributed by atoms with Gasteiger partial charge in [0.25, 0.3) is 5.92 Å². The van der Waals surface area contributed by atoms with Gasteiger partial charge in [-0.2, -0.15) is 5.26 Å². The Bertz CT molecular complexity index is 507. The zero-order chi connectivity index (χ0) is 12.0. The first-order chi connectivity index (χ1) is 7.44. The maximum absolute atomic E-state index is 13.2. The highest BCUT2D eigenvalue weighted by Gasteiger charge is 2.77. The fraction of sp³-hybridized carbons (Fsp3) is 0.273. The van der Waals surface area contributed by atoms with Crippen LogP contribution in [-0.2, 0) is 10.2 Å². The Labute approximate surface area is 89.9 Å². The predicted molar refractivity (Wildman–Crippen MR) is 50.0 cm³/mol. The lowest BCUT2D eigenvalue weighted by Crippen LogP contribution is -2.27. The zero-order valence-corrected chi connectivity index (χ0v) is 8.08. The number of benzene rings is 1. The van der Waals surface area contributed by atoms with Crippen molar-refractivity contribution in [1.29, 1.82) is 5.26 Å². The Balaban J connectivity index is 2.52. The molecular formula is C11H7F2NO2. The number of nitriles is 1. The molecule has 3 nitrogen and oxygen atoms in total. The second-order valence-corrected chi connectivity index (χ2v) is 3.78. The molecule has 5 heteroatoms.